The minimum absolute atomic E-state index is 0.221. The van der Waals surface area contributed by atoms with Crippen LogP contribution in [0.1, 0.15) is 19.0 Å². The lowest BCUT2D eigenvalue weighted by Gasteiger charge is -2.41. The number of nitrogens with zero attached hydrogens (tertiary/aromatic N) is 3. The Bertz CT molecular complexity index is 713. The molecule has 0 amide bonds. The lowest BCUT2D eigenvalue weighted by atomic mass is 10.2. The maximum Gasteiger partial charge on any atom is 0.237 e. The van der Waals surface area contributed by atoms with Gasteiger partial charge in [-0.15, -0.1) is 11.8 Å². The number of nitrogens with one attached hydrogen (secondary N) is 1. The van der Waals surface area contributed by atoms with E-state index in [0.717, 1.165) is 27.3 Å². The molecule has 1 unspecified atom stereocenters. The first-order valence-corrected chi connectivity index (χ1v) is 9.12. The standard InChI is InChI=1S/C15H17BrN4OS/c1-3-8-20(21)9-17-15(22-2)12-14(20)19-13(18-12)10-4-6-11(16)7-5-10/h4-7H,3,8-9H2,1-2H3,(H,18,19). The van der Waals surface area contributed by atoms with Gasteiger partial charge in [0.15, 0.2) is 12.4 Å². The zero-order valence-electron chi connectivity index (χ0n) is 12.5. The predicted octanol–water partition coefficient (Wildman–Crippen LogP) is 4.14. The number of quaternary nitrogens is 1. The van der Waals surface area contributed by atoms with Gasteiger partial charge in [-0.25, -0.2) is 9.98 Å². The minimum Gasteiger partial charge on any atom is -0.625 e. The molecule has 0 saturated heterocycles. The van der Waals surface area contributed by atoms with E-state index in [-0.39, 0.29) is 6.67 Å². The second-order valence-corrected chi connectivity index (χ2v) is 6.92. The summed E-state index contributed by atoms with van der Waals surface area (Å²) in [5.41, 5.74) is 1.65. The number of benzene rings is 1. The molecule has 22 heavy (non-hydrogen) atoms. The molecule has 2 heterocycles. The van der Waals surface area contributed by atoms with Crippen molar-refractivity contribution in [2.75, 3.05) is 19.5 Å². The van der Waals surface area contributed by atoms with E-state index in [4.69, 9.17) is 0 Å². The van der Waals surface area contributed by atoms with Crippen molar-refractivity contribution in [2.24, 2.45) is 4.99 Å². The molecule has 1 N–H and O–H groups in total. The summed E-state index contributed by atoms with van der Waals surface area (Å²) in [5, 5.41) is 13.9. The Kier molecular flexibility index (Phi) is 4.40. The first-order valence-electron chi connectivity index (χ1n) is 7.11. The molecule has 1 aromatic carbocycles. The van der Waals surface area contributed by atoms with Crippen LogP contribution in [-0.2, 0) is 0 Å². The number of hydrogen-bond donors (Lipinski definition) is 1. The van der Waals surface area contributed by atoms with E-state index in [9.17, 15) is 5.21 Å². The smallest absolute Gasteiger partial charge is 0.237 e. The Morgan fingerprint density at radius 2 is 2.09 bits per heavy atom. The molecule has 7 heteroatoms. The highest BCUT2D eigenvalue weighted by Gasteiger charge is 2.33. The molecule has 0 bridgehead atoms. The number of aromatic amines is 1. The number of hydroxylamine groups is 2. The largest absolute Gasteiger partial charge is 0.625 e. The van der Waals surface area contributed by atoms with Crippen molar-refractivity contribution in [3.8, 4) is 11.4 Å². The van der Waals surface area contributed by atoms with E-state index in [1.165, 1.54) is 11.8 Å². The normalized spacial score (nSPS) is 20.6. The van der Waals surface area contributed by atoms with Crippen molar-refractivity contribution in [3.63, 3.8) is 0 Å². The van der Waals surface area contributed by atoms with Crippen molar-refractivity contribution < 1.29 is 0 Å². The summed E-state index contributed by atoms with van der Waals surface area (Å²) in [4.78, 5) is 12.3. The molecular weight excluding hydrogens is 364 g/mol. The van der Waals surface area contributed by atoms with Crippen LogP contribution in [0.25, 0.3) is 11.4 Å². The average molecular weight is 381 g/mol. The van der Waals surface area contributed by atoms with Crippen LogP contribution in [0.5, 0.6) is 0 Å². The van der Waals surface area contributed by atoms with E-state index in [1.807, 2.05) is 37.4 Å². The van der Waals surface area contributed by atoms with Gasteiger partial charge in [-0.2, -0.15) is 0 Å². The van der Waals surface area contributed by atoms with Crippen LogP contribution in [0.4, 0.5) is 5.82 Å². The summed E-state index contributed by atoms with van der Waals surface area (Å²) >= 11 is 4.96. The third kappa shape index (κ3) is 2.74. The molecule has 0 fully saturated rings. The van der Waals surface area contributed by atoms with Gasteiger partial charge in [-0.1, -0.05) is 35.0 Å². The third-order valence-electron chi connectivity index (χ3n) is 3.63. The maximum atomic E-state index is 13.0. The van der Waals surface area contributed by atoms with Crippen molar-refractivity contribution in [2.45, 2.75) is 13.3 Å². The van der Waals surface area contributed by atoms with Gasteiger partial charge in [0.2, 0.25) is 5.82 Å². The zero-order valence-corrected chi connectivity index (χ0v) is 14.9. The number of aliphatic imine (C=N–C) groups is 1. The van der Waals surface area contributed by atoms with Crippen LogP contribution in [0.2, 0.25) is 0 Å². The second-order valence-electron chi connectivity index (χ2n) is 5.21. The van der Waals surface area contributed by atoms with Crippen molar-refractivity contribution in [1.82, 2.24) is 14.6 Å². The number of fused-ring (bicyclic) bond motifs is 1. The molecule has 1 aromatic heterocycles. The number of thioether (sulfide) groups is 1. The van der Waals surface area contributed by atoms with Crippen LogP contribution in [0.15, 0.2) is 33.7 Å². The van der Waals surface area contributed by atoms with Gasteiger partial charge in [-0.05, 0) is 24.8 Å². The molecule has 1 aliphatic heterocycles. The number of hydrogen-bond acceptors (Lipinski definition) is 4. The first kappa shape index (κ1) is 15.7. The Balaban J connectivity index is 2.09. The van der Waals surface area contributed by atoms with Gasteiger partial charge in [0.1, 0.15) is 10.9 Å². The highest BCUT2D eigenvalue weighted by atomic mass is 79.9. The van der Waals surface area contributed by atoms with Crippen molar-refractivity contribution in [1.29, 1.82) is 0 Å². The van der Waals surface area contributed by atoms with Gasteiger partial charge in [-0.3, -0.25) is 9.63 Å². The van der Waals surface area contributed by atoms with E-state index in [0.29, 0.717) is 18.1 Å². The third-order valence-corrected chi connectivity index (χ3v) is 4.87. The molecule has 1 atom stereocenters. The van der Waals surface area contributed by atoms with Gasteiger partial charge < -0.3 is 5.21 Å². The average Bonchev–Trinajstić information content (AvgIpc) is 2.95. The van der Waals surface area contributed by atoms with Crippen LogP contribution in [0.3, 0.4) is 0 Å². The quantitative estimate of drug-likeness (QED) is 0.642. The molecule has 0 saturated carbocycles. The Morgan fingerprint density at radius 1 is 1.36 bits per heavy atom. The number of halogens is 1. The highest BCUT2D eigenvalue weighted by Crippen LogP contribution is 2.34. The monoisotopic (exact) mass is 380 g/mol. The molecule has 3 rings (SSSR count). The summed E-state index contributed by atoms with van der Waals surface area (Å²) < 4.78 is 0.554. The molecule has 116 valence electrons. The topological polar surface area (TPSA) is 64.1 Å². The summed E-state index contributed by atoms with van der Waals surface area (Å²) in [6.07, 6.45) is 2.76. The maximum absolute atomic E-state index is 13.0. The van der Waals surface area contributed by atoms with E-state index in [1.54, 1.807) is 0 Å². The lowest BCUT2D eigenvalue weighted by Crippen LogP contribution is -2.47. The van der Waals surface area contributed by atoms with Crippen LogP contribution in [0, 0.1) is 5.21 Å². The van der Waals surface area contributed by atoms with Gasteiger partial charge in [0.05, 0.1) is 6.54 Å². The molecule has 2 aromatic rings. The van der Waals surface area contributed by atoms with E-state index in [2.05, 4.69) is 30.9 Å². The lowest BCUT2D eigenvalue weighted by molar-refractivity contribution is 0.369. The second kappa shape index (κ2) is 6.16. The first-order chi connectivity index (χ1) is 10.6. The van der Waals surface area contributed by atoms with Crippen LogP contribution in [-0.4, -0.2) is 34.5 Å². The summed E-state index contributed by atoms with van der Waals surface area (Å²) in [5.74, 6) is 1.34. The van der Waals surface area contributed by atoms with Gasteiger partial charge >= 0.3 is 0 Å². The molecule has 5 nitrogen and oxygen atoms in total. The molecule has 0 spiro atoms. The van der Waals surface area contributed by atoms with E-state index < -0.39 is 4.65 Å². The summed E-state index contributed by atoms with van der Waals surface area (Å²) in [6, 6.07) is 7.88. The van der Waals surface area contributed by atoms with Gasteiger partial charge in [0, 0.05) is 10.0 Å². The Hall–Kier alpha value is -1.15. The number of H-pyrrole nitrogens is 1. The predicted molar refractivity (Wildman–Crippen MR) is 97.0 cm³/mol. The Morgan fingerprint density at radius 3 is 2.73 bits per heavy atom. The molecule has 0 aliphatic carbocycles. The zero-order chi connectivity index (χ0) is 15.7. The van der Waals surface area contributed by atoms with Crippen molar-refractivity contribution in [3.05, 3.63) is 39.6 Å². The van der Waals surface area contributed by atoms with E-state index >= 15 is 0 Å². The molecule has 0 radical (unpaired) electrons. The highest BCUT2D eigenvalue weighted by molar-refractivity contribution is 9.10. The molecular formula is C15H17BrN4OS. The fraction of sp³-hybridized carbons (Fsp3) is 0.333. The van der Waals surface area contributed by atoms with Crippen LogP contribution < -0.4 is 4.65 Å². The summed E-state index contributed by atoms with van der Waals surface area (Å²) in [6.45, 7) is 2.73. The fourth-order valence-corrected chi connectivity index (χ4v) is 3.37. The number of aromatic nitrogens is 2. The minimum atomic E-state index is -0.459. The van der Waals surface area contributed by atoms with Gasteiger partial charge in [0.25, 0.3) is 0 Å². The SMILES string of the molecule is CCC[N+]1([O-])CN=C(SC)c2nc(-c3ccc(Br)cc3)[nH]c21. The number of imidazole rings is 1. The number of rotatable bonds is 3. The van der Waals surface area contributed by atoms with Crippen LogP contribution >= 0.6 is 27.7 Å². The van der Waals surface area contributed by atoms with Crippen molar-refractivity contribution >= 4 is 38.6 Å². The summed E-state index contributed by atoms with van der Waals surface area (Å²) in [7, 11) is 0. The molecule has 1 aliphatic rings. The Labute approximate surface area is 142 Å². The fourth-order valence-electron chi connectivity index (χ4n) is 2.58.